The van der Waals surface area contributed by atoms with Crippen LogP contribution in [-0.4, -0.2) is 37.4 Å². The Morgan fingerprint density at radius 3 is 1.57 bits per heavy atom. The summed E-state index contributed by atoms with van der Waals surface area (Å²) in [6.45, 7) is 0. The van der Waals surface area contributed by atoms with Crippen LogP contribution in [0.1, 0.15) is 0 Å². The van der Waals surface area contributed by atoms with Crippen molar-refractivity contribution in [3.63, 3.8) is 0 Å². The molecule has 0 bridgehead atoms. The third-order valence-corrected chi connectivity index (χ3v) is 0. The Hall–Kier alpha value is 1.76. The summed E-state index contributed by atoms with van der Waals surface area (Å²) in [4.78, 5) is 0. The fraction of sp³-hybridized carbons (Fsp3) is 0. The van der Waals surface area contributed by atoms with E-state index in [0.717, 1.165) is 0 Å². The van der Waals surface area contributed by atoms with Crippen LogP contribution in [-0.2, 0) is 15.1 Å². The molecule has 0 rings (SSSR count). The zero-order valence-electron chi connectivity index (χ0n) is 3.41. The summed E-state index contributed by atoms with van der Waals surface area (Å²) in [7, 11) is 11.3. The van der Waals surface area contributed by atoms with Crippen molar-refractivity contribution in [3.8, 4) is 5.97 Å². The van der Waals surface area contributed by atoms with Gasteiger partial charge in [-0.3, -0.25) is 0 Å². The maximum atomic E-state index is 7.32. The summed E-state index contributed by atoms with van der Waals surface area (Å²) in [5.41, 5.74) is 0. The predicted molar refractivity (Wildman–Crippen MR) is 33.0 cm³/mol. The molecule has 0 saturated heterocycles. The Morgan fingerprint density at radius 2 is 1.57 bits per heavy atom. The van der Waals surface area contributed by atoms with Gasteiger partial charge in [-0.2, -0.15) is 0 Å². The summed E-state index contributed by atoms with van der Waals surface area (Å²) in [5.74, 6) is 1.75. The van der Waals surface area contributed by atoms with Crippen LogP contribution in [0.25, 0.3) is 0 Å². The molecule has 32 valence electrons. The molecule has 0 heterocycles. The molecule has 0 N–H and O–H groups in total. The number of nitriles is 1. The Kier molecular flexibility index (Phi) is 57.0. The van der Waals surface area contributed by atoms with E-state index in [4.69, 9.17) is 24.6 Å². The number of halogens is 2. The van der Waals surface area contributed by atoms with E-state index in [9.17, 15) is 0 Å². The van der Waals surface area contributed by atoms with Gasteiger partial charge in [0.15, 0.2) is 0 Å². The van der Waals surface area contributed by atoms with E-state index in [1.165, 1.54) is 7.85 Å². The Bertz CT molecular complexity index is 47.4. The minimum absolute atomic E-state index is 0. The fourth-order valence-electron chi connectivity index (χ4n) is 0. The zero-order valence-corrected chi connectivity index (χ0v) is 7.89. The molecule has 0 radical (unpaired) electrons. The van der Waals surface area contributed by atoms with E-state index in [1.54, 1.807) is 5.97 Å². The second kappa shape index (κ2) is 25.1. The zero-order chi connectivity index (χ0) is 5.41. The molecular formula is CH3BCl2NNaZn. The third-order valence-electron chi connectivity index (χ3n) is 0. The molecule has 0 aliphatic heterocycles. The molecule has 1 nitrogen and oxygen atoms in total. The van der Waals surface area contributed by atoms with Gasteiger partial charge in [-0.1, -0.05) is 0 Å². The summed E-state index contributed by atoms with van der Waals surface area (Å²) in [5, 5.41) is 7.32. The molecule has 0 aliphatic rings. The van der Waals surface area contributed by atoms with Gasteiger partial charge in [-0.15, -0.1) is 0 Å². The Morgan fingerprint density at radius 1 is 1.57 bits per heavy atom. The minimum atomic E-state index is -0.931. The van der Waals surface area contributed by atoms with E-state index in [-0.39, 0.29) is 29.6 Å². The van der Waals surface area contributed by atoms with Gasteiger partial charge in [0.05, 0.1) is 0 Å². The topological polar surface area (TPSA) is 23.8 Å². The number of nitrogens with zero attached hydrogens (tertiary/aromatic N) is 1. The van der Waals surface area contributed by atoms with Crippen molar-refractivity contribution < 1.29 is 15.1 Å². The third kappa shape index (κ3) is 83.2. The van der Waals surface area contributed by atoms with Crippen molar-refractivity contribution in [3.05, 3.63) is 0 Å². The van der Waals surface area contributed by atoms with Gasteiger partial charge in [0.25, 0.3) is 0 Å². The van der Waals surface area contributed by atoms with Crippen molar-refractivity contribution in [2.75, 3.05) is 0 Å². The van der Waals surface area contributed by atoms with Crippen LogP contribution >= 0.6 is 19.4 Å². The SMILES string of the molecule is BC#N.[Cl][Zn][Cl].[NaH]. The molecular weight excluding hydrogens is 196 g/mol. The molecule has 0 saturated carbocycles. The van der Waals surface area contributed by atoms with Crippen LogP contribution in [0.5, 0.6) is 0 Å². The van der Waals surface area contributed by atoms with Crippen LogP contribution in [0.3, 0.4) is 0 Å². The van der Waals surface area contributed by atoms with E-state index < -0.39 is 15.1 Å². The van der Waals surface area contributed by atoms with Crippen LogP contribution in [0, 0.1) is 11.2 Å². The molecule has 0 amide bonds. The summed E-state index contributed by atoms with van der Waals surface area (Å²) in [6.07, 6.45) is 0. The first-order valence-electron chi connectivity index (χ1n) is 1.26. The fourth-order valence-corrected chi connectivity index (χ4v) is 0. The molecule has 0 unspecified atom stereocenters. The van der Waals surface area contributed by atoms with E-state index >= 15 is 0 Å². The normalized spacial score (nSPS) is 2.43. The number of hydrogen-bond donors (Lipinski definition) is 0. The molecule has 6 heteroatoms. The van der Waals surface area contributed by atoms with E-state index in [0.29, 0.717) is 0 Å². The maximum absolute atomic E-state index is 7.32. The first kappa shape index (κ1) is 15.9. The van der Waals surface area contributed by atoms with Crippen molar-refractivity contribution in [2.45, 2.75) is 0 Å². The van der Waals surface area contributed by atoms with Crippen LogP contribution in [0.15, 0.2) is 0 Å². The number of rotatable bonds is 0. The molecule has 0 aromatic carbocycles. The average Bonchev–Trinajstić information content (AvgIpc) is 1.39. The van der Waals surface area contributed by atoms with Gasteiger partial charge >= 0.3 is 64.1 Å². The Balaban J connectivity index is -0.0000000400. The predicted octanol–water partition coefficient (Wildman–Crippen LogP) is -0.171. The first-order valence-corrected chi connectivity index (χ1v) is 9.06. The monoisotopic (exact) mass is 197 g/mol. The molecule has 0 aromatic rings. The standard InChI is InChI=1S/CH2BN.2ClH.Na.Zn.H/c2-1-3;;;;;/h2H2;2*1H;;;/q;;;;+2;/p-2. The van der Waals surface area contributed by atoms with Crippen molar-refractivity contribution in [1.82, 2.24) is 0 Å². The van der Waals surface area contributed by atoms with Crippen LogP contribution in [0.2, 0.25) is 0 Å². The molecule has 0 fully saturated rings. The summed E-state index contributed by atoms with van der Waals surface area (Å²) < 4.78 is 0. The average molecular weight is 199 g/mol. The van der Waals surface area contributed by atoms with Gasteiger partial charge in [0.1, 0.15) is 0 Å². The quantitative estimate of drug-likeness (QED) is 0.497. The van der Waals surface area contributed by atoms with Crippen molar-refractivity contribution in [2.24, 2.45) is 0 Å². The van der Waals surface area contributed by atoms with Gasteiger partial charge in [-0.05, 0) is 5.97 Å². The van der Waals surface area contributed by atoms with Crippen molar-refractivity contribution >= 4 is 56.8 Å². The molecule has 0 aromatic heterocycles. The molecule has 0 spiro atoms. The second-order valence-corrected chi connectivity index (χ2v) is 4.95. The van der Waals surface area contributed by atoms with E-state index in [1.807, 2.05) is 0 Å². The molecule has 7 heavy (non-hydrogen) atoms. The van der Waals surface area contributed by atoms with Gasteiger partial charge in [0.2, 0.25) is 7.85 Å². The second-order valence-electron chi connectivity index (χ2n) is 0.325. The van der Waals surface area contributed by atoms with Crippen molar-refractivity contribution in [1.29, 1.82) is 5.26 Å². The first-order chi connectivity index (χ1) is 2.83. The van der Waals surface area contributed by atoms with Gasteiger partial charge in [-0.25, -0.2) is 5.26 Å². The van der Waals surface area contributed by atoms with Gasteiger partial charge < -0.3 is 0 Å². The summed E-state index contributed by atoms with van der Waals surface area (Å²) in [6, 6.07) is 0. The molecule has 0 atom stereocenters. The summed E-state index contributed by atoms with van der Waals surface area (Å²) >= 11 is -0.931. The van der Waals surface area contributed by atoms with Crippen LogP contribution < -0.4 is 0 Å². The van der Waals surface area contributed by atoms with E-state index in [2.05, 4.69) is 0 Å². The van der Waals surface area contributed by atoms with Gasteiger partial charge in [0, 0.05) is 0 Å². The number of hydrogen-bond acceptors (Lipinski definition) is 1. The van der Waals surface area contributed by atoms with Crippen LogP contribution in [0.4, 0.5) is 0 Å². The molecule has 0 aliphatic carbocycles. The Labute approximate surface area is 82.1 Å².